The molecule has 2 bridgehead atoms. The Morgan fingerprint density at radius 3 is 2.69 bits per heavy atom. The van der Waals surface area contributed by atoms with Crippen molar-refractivity contribution in [3.8, 4) is 6.07 Å². The Morgan fingerprint density at radius 2 is 2.25 bits per heavy atom. The van der Waals surface area contributed by atoms with Gasteiger partial charge in [0.2, 0.25) is 0 Å². The number of hydrogen-bond acceptors (Lipinski definition) is 3. The Balaban J connectivity index is 2.00. The van der Waals surface area contributed by atoms with E-state index in [2.05, 4.69) is 6.07 Å². The van der Waals surface area contributed by atoms with Crippen molar-refractivity contribution in [1.82, 2.24) is 0 Å². The summed E-state index contributed by atoms with van der Waals surface area (Å²) in [6.07, 6.45) is 4.84. The van der Waals surface area contributed by atoms with Crippen molar-refractivity contribution in [2.45, 2.75) is 50.7 Å². The fraction of sp³-hybridized carbons (Fsp3) is 0.923. The van der Waals surface area contributed by atoms with Crippen LogP contribution in [0.15, 0.2) is 0 Å². The van der Waals surface area contributed by atoms with Gasteiger partial charge in [0.15, 0.2) is 0 Å². The minimum atomic E-state index is -0.901. The summed E-state index contributed by atoms with van der Waals surface area (Å²) in [5, 5.41) is 20.5. The number of ether oxygens (including phenoxy) is 1. The Kier molecular flexibility index (Phi) is 2.12. The van der Waals surface area contributed by atoms with Crippen LogP contribution in [0.3, 0.4) is 0 Å². The highest BCUT2D eigenvalue weighted by Crippen LogP contribution is 2.62. The topological polar surface area (TPSA) is 53.2 Å². The van der Waals surface area contributed by atoms with Crippen LogP contribution in [0.1, 0.15) is 39.0 Å². The van der Waals surface area contributed by atoms with Crippen molar-refractivity contribution >= 4 is 0 Å². The van der Waals surface area contributed by atoms with Gasteiger partial charge in [-0.3, -0.25) is 0 Å². The second-order valence-electron chi connectivity index (χ2n) is 5.85. The van der Waals surface area contributed by atoms with Gasteiger partial charge in [0.25, 0.3) is 0 Å². The minimum absolute atomic E-state index is 0.188. The molecule has 1 aliphatic heterocycles. The number of nitriles is 1. The van der Waals surface area contributed by atoms with Gasteiger partial charge >= 0.3 is 0 Å². The van der Waals surface area contributed by atoms with Gasteiger partial charge in [0.05, 0.1) is 17.6 Å². The molecular formula is C13H19NO2. The highest BCUT2D eigenvalue weighted by molar-refractivity contribution is 5.22. The molecule has 5 unspecified atom stereocenters. The molecule has 3 rings (SSSR count). The maximum absolute atomic E-state index is 10.9. The van der Waals surface area contributed by atoms with Crippen LogP contribution in [0.5, 0.6) is 0 Å². The molecule has 1 heterocycles. The number of hydrogen-bond donors (Lipinski definition) is 1. The first kappa shape index (κ1) is 10.6. The molecule has 2 saturated carbocycles. The van der Waals surface area contributed by atoms with E-state index in [1.807, 2.05) is 6.92 Å². The smallest absolute Gasteiger partial charge is 0.111 e. The van der Waals surface area contributed by atoms with Crippen LogP contribution in [-0.4, -0.2) is 23.4 Å². The summed E-state index contributed by atoms with van der Waals surface area (Å²) < 4.78 is 5.51. The molecule has 0 aromatic carbocycles. The molecule has 3 aliphatic rings. The lowest BCUT2D eigenvalue weighted by molar-refractivity contribution is -0.117. The summed E-state index contributed by atoms with van der Waals surface area (Å²) in [6.45, 7) is 2.51. The third-order valence-corrected chi connectivity index (χ3v) is 5.34. The van der Waals surface area contributed by atoms with E-state index in [0.717, 1.165) is 19.3 Å². The zero-order valence-corrected chi connectivity index (χ0v) is 9.78. The summed E-state index contributed by atoms with van der Waals surface area (Å²) in [6, 6.07) is 2.49. The number of nitrogens with zero attached hydrogens (tertiary/aromatic N) is 1. The summed E-state index contributed by atoms with van der Waals surface area (Å²) in [5.74, 6) is 1.07. The molecule has 0 amide bonds. The van der Waals surface area contributed by atoms with Crippen LogP contribution in [0.2, 0.25) is 0 Å². The van der Waals surface area contributed by atoms with E-state index in [0.29, 0.717) is 24.9 Å². The molecule has 0 aromatic heterocycles. The van der Waals surface area contributed by atoms with E-state index in [9.17, 15) is 10.4 Å². The average Bonchev–Trinajstić information content (AvgIpc) is 2.95. The van der Waals surface area contributed by atoms with Crippen molar-refractivity contribution in [3.05, 3.63) is 0 Å². The molecule has 1 saturated heterocycles. The molecule has 2 aliphatic carbocycles. The summed E-state index contributed by atoms with van der Waals surface area (Å²) in [5.41, 5.74) is -1.42. The van der Waals surface area contributed by atoms with Gasteiger partial charge in [-0.1, -0.05) is 6.42 Å². The Hall–Kier alpha value is -0.590. The highest BCUT2D eigenvalue weighted by atomic mass is 16.5. The molecular weight excluding hydrogens is 202 g/mol. The van der Waals surface area contributed by atoms with Crippen molar-refractivity contribution in [3.63, 3.8) is 0 Å². The van der Waals surface area contributed by atoms with Gasteiger partial charge in [-0.2, -0.15) is 5.26 Å². The standard InChI is InChI=1S/C13H19NO2/c1-9-13(15,4-5-16-9)12(8-14)7-10-2-3-11(12)6-10/h9-11,15H,2-7H2,1H3. The molecule has 1 N–H and O–H groups in total. The first-order chi connectivity index (χ1) is 7.62. The van der Waals surface area contributed by atoms with Crippen LogP contribution in [0, 0.1) is 28.6 Å². The van der Waals surface area contributed by atoms with E-state index >= 15 is 0 Å². The van der Waals surface area contributed by atoms with Gasteiger partial charge in [0.1, 0.15) is 5.60 Å². The fourth-order valence-electron chi connectivity index (χ4n) is 4.41. The maximum Gasteiger partial charge on any atom is 0.111 e. The zero-order valence-electron chi connectivity index (χ0n) is 9.78. The first-order valence-corrected chi connectivity index (χ1v) is 6.37. The van der Waals surface area contributed by atoms with E-state index in [-0.39, 0.29) is 6.10 Å². The van der Waals surface area contributed by atoms with E-state index < -0.39 is 11.0 Å². The second kappa shape index (κ2) is 3.21. The molecule has 3 heteroatoms. The van der Waals surface area contributed by atoms with Crippen LogP contribution in [0.25, 0.3) is 0 Å². The molecule has 88 valence electrons. The van der Waals surface area contributed by atoms with Crippen molar-refractivity contribution in [1.29, 1.82) is 5.26 Å². The number of aliphatic hydroxyl groups is 1. The van der Waals surface area contributed by atoms with Crippen LogP contribution >= 0.6 is 0 Å². The quantitative estimate of drug-likeness (QED) is 0.735. The molecule has 0 spiro atoms. The first-order valence-electron chi connectivity index (χ1n) is 6.37. The van der Waals surface area contributed by atoms with Crippen molar-refractivity contribution < 1.29 is 9.84 Å². The van der Waals surface area contributed by atoms with E-state index in [1.165, 1.54) is 6.42 Å². The van der Waals surface area contributed by atoms with Crippen molar-refractivity contribution in [2.24, 2.45) is 17.3 Å². The zero-order chi connectivity index (χ0) is 11.4. The molecule has 0 aromatic rings. The third kappa shape index (κ3) is 1.05. The second-order valence-corrected chi connectivity index (χ2v) is 5.85. The number of rotatable bonds is 1. The predicted molar refractivity (Wildman–Crippen MR) is 58.5 cm³/mol. The third-order valence-electron chi connectivity index (χ3n) is 5.34. The van der Waals surface area contributed by atoms with E-state index in [1.54, 1.807) is 0 Å². The summed E-state index contributed by atoms with van der Waals surface area (Å²) >= 11 is 0. The lowest BCUT2D eigenvalue weighted by Gasteiger charge is -2.44. The molecule has 3 fully saturated rings. The molecule has 5 atom stereocenters. The largest absolute Gasteiger partial charge is 0.385 e. The normalized spacial score (nSPS) is 55.4. The minimum Gasteiger partial charge on any atom is -0.385 e. The summed E-state index contributed by atoms with van der Waals surface area (Å²) in [7, 11) is 0. The Bertz CT molecular complexity index is 350. The lowest BCUT2D eigenvalue weighted by atomic mass is 9.61. The van der Waals surface area contributed by atoms with Gasteiger partial charge < -0.3 is 9.84 Å². The molecule has 3 nitrogen and oxygen atoms in total. The maximum atomic E-state index is 10.9. The van der Waals surface area contributed by atoms with E-state index in [4.69, 9.17) is 4.74 Å². The fourth-order valence-corrected chi connectivity index (χ4v) is 4.41. The Labute approximate surface area is 96.4 Å². The molecule has 0 radical (unpaired) electrons. The number of fused-ring (bicyclic) bond motifs is 2. The summed E-state index contributed by atoms with van der Waals surface area (Å²) in [4.78, 5) is 0. The lowest BCUT2D eigenvalue weighted by Crippen LogP contribution is -2.54. The van der Waals surface area contributed by atoms with Gasteiger partial charge in [0, 0.05) is 13.0 Å². The van der Waals surface area contributed by atoms with Crippen LogP contribution in [-0.2, 0) is 4.74 Å². The van der Waals surface area contributed by atoms with Gasteiger partial charge in [-0.25, -0.2) is 0 Å². The van der Waals surface area contributed by atoms with Crippen LogP contribution in [0.4, 0.5) is 0 Å². The SMILES string of the molecule is CC1OCCC1(O)C1(C#N)CC2CCC1C2. The van der Waals surface area contributed by atoms with Crippen molar-refractivity contribution in [2.75, 3.05) is 6.61 Å². The average molecular weight is 221 g/mol. The molecule has 16 heavy (non-hydrogen) atoms. The monoisotopic (exact) mass is 221 g/mol. The van der Waals surface area contributed by atoms with Crippen LogP contribution < -0.4 is 0 Å². The van der Waals surface area contributed by atoms with Gasteiger partial charge in [-0.15, -0.1) is 0 Å². The predicted octanol–water partition coefficient (Wildman–Crippen LogP) is 1.86. The van der Waals surface area contributed by atoms with Gasteiger partial charge in [-0.05, 0) is 38.0 Å². The Morgan fingerprint density at radius 1 is 1.44 bits per heavy atom. The highest BCUT2D eigenvalue weighted by Gasteiger charge is 2.65.